The number of hydrogen-bond donors (Lipinski definition) is 0. The third-order valence-electron chi connectivity index (χ3n) is 3.17. The molecule has 2 nitrogen and oxygen atoms in total. The van der Waals surface area contributed by atoms with Gasteiger partial charge in [0.2, 0.25) is 0 Å². The molecule has 2 aromatic rings. The van der Waals surface area contributed by atoms with Crippen LogP contribution < -0.4 is 4.90 Å². The van der Waals surface area contributed by atoms with Crippen molar-refractivity contribution in [3.05, 3.63) is 54.1 Å². The fourth-order valence-corrected chi connectivity index (χ4v) is 2.37. The SMILES string of the molecule is C/C=C/CN1C(=O)c2cccc3cccc1c23. The molecular formula is C15H13NO. The van der Waals surface area contributed by atoms with Crippen LogP contribution in [0.4, 0.5) is 5.69 Å². The lowest BCUT2D eigenvalue weighted by atomic mass is 10.1. The van der Waals surface area contributed by atoms with Crippen LogP contribution in [0.1, 0.15) is 17.3 Å². The zero-order valence-corrected chi connectivity index (χ0v) is 9.68. The van der Waals surface area contributed by atoms with Gasteiger partial charge in [-0.25, -0.2) is 0 Å². The van der Waals surface area contributed by atoms with E-state index in [0.717, 1.165) is 22.0 Å². The minimum atomic E-state index is 0.106. The zero-order chi connectivity index (χ0) is 11.8. The van der Waals surface area contributed by atoms with E-state index < -0.39 is 0 Å². The van der Waals surface area contributed by atoms with Gasteiger partial charge in [-0.05, 0) is 24.4 Å². The minimum Gasteiger partial charge on any atom is -0.304 e. The fourth-order valence-electron chi connectivity index (χ4n) is 2.37. The predicted molar refractivity (Wildman–Crippen MR) is 70.4 cm³/mol. The summed E-state index contributed by atoms with van der Waals surface area (Å²) < 4.78 is 0. The Balaban J connectivity index is 2.23. The predicted octanol–water partition coefficient (Wildman–Crippen LogP) is 3.38. The van der Waals surface area contributed by atoms with Gasteiger partial charge in [0, 0.05) is 17.5 Å². The maximum Gasteiger partial charge on any atom is 0.259 e. The molecule has 1 aliphatic rings. The molecule has 0 saturated heterocycles. The van der Waals surface area contributed by atoms with Crippen LogP contribution in [0.15, 0.2) is 48.6 Å². The second-order valence-corrected chi connectivity index (χ2v) is 4.17. The van der Waals surface area contributed by atoms with E-state index in [9.17, 15) is 4.79 Å². The van der Waals surface area contributed by atoms with E-state index >= 15 is 0 Å². The molecule has 0 unspecified atom stereocenters. The van der Waals surface area contributed by atoms with Gasteiger partial charge < -0.3 is 4.90 Å². The van der Waals surface area contributed by atoms with Crippen LogP contribution in [-0.2, 0) is 0 Å². The van der Waals surface area contributed by atoms with Gasteiger partial charge in [-0.15, -0.1) is 0 Å². The lowest BCUT2D eigenvalue weighted by molar-refractivity contribution is 0.0996. The topological polar surface area (TPSA) is 20.3 Å². The summed E-state index contributed by atoms with van der Waals surface area (Å²) >= 11 is 0. The van der Waals surface area contributed by atoms with E-state index in [0.29, 0.717) is 6.54 Å². The Bertz CT molecular complexity index is 623. The normalized spacial score (nSPS) is 14.2. The molecule has 0 fully saturated rings. The monoisotopic (exact) mass is 223 g/mol. The highest BCUT2D eigenvalue weighted by Crippen LogP contribution is 2.36. The first kappa shape index (κ1) is 10.1. The molecule has 84 valence electrons. The number of nitrogens with zero attached hydrogens (tertiary/aromatic N) is 1. The quantitative estimate of drug-likeness (QED) is 0.715. The van der Waals surface area contributed by atoms with Crippen LogP contribution in [0.5, 0.6) is 0 Å². The van der Waals surface area contributed by atoms with E-state index in [1.54, 1.807) is 0 Å². The molecule has 0 aliphatic carbocycles. The Kier molecular flexibility index (Phi) is 2.22. The van der Waals surface area contributed by atoms with E-state index in [2.05, 4.69) is 12.1 Å². The van der Waals surface area contributed by atoms with E-state index in [-0.39, 0.29) is 5.91 Å². The van der Waals surface area contributed by atoms with Gasteiger partial charge in [0.15, 0.2) is 0 Å². The molecule has 3 rings (SSSR count). The number of carbonyl (C=O) groups is 1. The third-order valence-corrected chi connectivity index (χ3v) is 3.17. The molecule has 0 saturated carbocycles. The molecule has 0 radical (unpaired) electrons. The first-order chi connectivity index (χ1) is 8.33. The largest absolute Gasteiger partial charge is 0.304 e. The molecule has 2 heteroatoms. The summed E-state index contributed by atoms with van der Waals surface area (Å²) in [5.74, 6) is 0.106. The molecule has 1 heterocycles. The molecule has 2 aromatic carbocycles. The van der Waals surface area contributed by atoms with Crippen molar-refractivity contribution >= 4 is 22.4 Å². The lowest BCUT2D eigenvalue weighted by Gasteiger charge is -2.14. The van der Waals surface area contributed by atoms with E-state index in [1.165, 1.54) is 0 Å². The summed E-state index contributed by atoms with van der Waals surface area (Å²) in [5, 5.41) is 2.22. The second kappa shape index (κ2) is 3.74. The number of allylic oxidation sites excluding steroid dienone is 1. The number of anilines is 1. The van der Waals surface area contributed by atoms with Crippen LogP contribution in [0, 0.1) is 0 Å². The number of carbonyl (C=O) groups excluding carboxylic acids is 1. The van der Waals surface area contributed by atoms with Crippen LogP contribution in [0.2, 0.25) is 0 Å². The average molecular weight is 223 g/mol. The molecule has 1 aliphatic heterocycles. The van der Waals surface area contributed by atoms with Gasteiger partial charge in [-0.2, -0.15) is 0 Å². The molecular weight excluding hydrogens is 210 g/mol. The van der Waals surface area contributed by atoms with Crippen molar-refractivity contribution in [3.8, 4) is 0 Å². The maximum absolute atomic E-state index is 12.3. The molecule has 0 aromatic heterocycles. The maximum atomic E-state index is 12.3. The van der Waals surface area contributed by atoms with Gasteiger partial charge in [0.25, 0.3) is 5.91 Å². The highest BCUT2D eigenvalue weighted by Gasteiger charge is 2.28. The molecule has 0 N–H and O–H groups in total. The van der Waals surface area contributed by atoms with Gasteiger partial charge >= 0.3 is 0 Å². The van der Waals surface area contributed by atoms with Crippen molar-refractivity contribution in [2.75, 3.05) is 11.4 Å². The first-order valence-electron chi connectivity index (χ1n) is 5.77. The summed E-state index contributed by atoms with van der Waals surface area (Å²) in [6, 6.07) is 12.0. The van der Waals surface area contributed by atoms with E-state index in [1.807, 2.05) is 48.2 Å². The summed E-state index contributed by atoms with van der Waals surface area (Å²) in [7, 11) is 0. The Hall–Kier alpha value is -2.09. The standard InChI is InChI=1S/C15H13NO/c1-2-3-10-16-13-9-5-7-11-6-4-8-12(14(11)13)15(16)17/h2-9H,10H2,1H3/b3-2+. The summed E-state index contributed by atoms with van der Waals surface area (Å²) in [4.78, 5) is 14.1. The van der Waals surface area contributed by atoms with Crippen molar-refractivity contribution in [1.82, 2.24) is 0 Å². The van der Waals surface area contributed by atoms with Gasteiger partial charge in [-0.3, -0.25) is 4.79 Å². The fraction of sp³-hybridized carbons (Fsp3) is 0.133. The second-order valence-electron chi connectivity index (χ2n) is 4.17. The van der Waals surface area contributed by atoms with Crippen molar-refractivity contribution < 1.29 is 4.79 Å². The van der Waals surface area contributed by atoms with E-state index in [4.69, 9.17) is 0 Å². The summed E-state index contributed by atoms with van der Waals surface area (Å²) in [6.07, 6.45) is 3.97. The molecule has 1 amide bonds. The van der Waals surface area contributed by atoms with Gasteiger partial charge in [-0.1, -0.05) is 36.4 Å². The number of amides is 1. The number of hydrogen-bond acceptors (Lipinski definition) is 1. The van der Waals surface area contributed by atoms with Crippen LogP contribution in [-0.4, -0.2) is 12.5 Å². The van der Waals surface area contributed by atoms with Gasteiger partial charge in [0.1, 0.15) is 0 Å². The third kappa shape index (κ3) is 1.37. The minimum absolute atomic E-state index is 0.106. The highest BCUT2D eigenvalue weighted by molar-refractivity contribution is 6.25. The van der Waals surface area contributed by atoms with Crippen molar-refractivity contribution in [3.63, 3.8) is 0 Å². The highest BCUT2D eigenvalue weighted by atomic mass is 16.2. The van der Waals surface area contributed by atoms with Gasteiger partial charge in [0.05, 0.1) is 5.69 Å². The van der Waals surface area contributed by atoms with Crippen molar-refractivity contribution in [2.45, 2.75) is 6.92 Å². The van der Waals surface area contributed by atoms with Crippen molar-refractivity contribution in [1.29, 1.82) is 0 Å². The first-order valence-corrected chi connectivity index (χ1v) is 5.77. The number of benzene rings is 2. The van der Waals surface area contributed by atoms with Crippen LogP contribution in [0.25, 0.3) is 10.8 Å². The Morgan fingerprint density at radius 3 is 2.71 bits per heavy atom. The molecule has 17 heavy (non-hydrogen) atoms. The molecule has 0 bridgehead atoms. The zero-order valence-electron chi connectivity index (χ0n) is 9.68. The van der Waals surface area contributed by atoms with Crippen molar-refractivity contribution in [2.24, 2.45) is 0 Å². The molecule has 0 spiro atoms. The Morgan fingerprint density at radius 1 is 1.18 bits per heavy atom. The number of rotatable bonds is 2. The summed E-state index contributed by atoms with van der Waals surface area (Å²) in [5.41, 5.74) is 1.85. The van der Waals surface area contributed by atoms with Crippen LogP contribution in [0.3, 0.4) is 0 Å². The Morgan fingerprint density at radius 2 is 1.94 bits per heavy atom. The lowest BCUT2D eigenvalue weighted by Crippen LogP contribution is -2.26. The molecule has 0 atom stereocenters. The Labute approximate surface area is 100 Å². The van der Waals surface area contributed by atoms with Crippen LogP contribution >= 0.6 is 0 Å². The smallest absolute Gasteiger partial charge is 0.259 e. The average Bonchev–Trinajstić information content (AvgIpc) is 2.64. The summed E-state index contributed by atoms with van der Waals surface area (Å²) in [6.45, 7) is 2.61.